The highest BCUT2D eigenvalue weighted by molar-refractivity contribution is 5.49. The van der Waals surface area contributed by atoms with Crippen LogP contribution >= 0.6 is 0 Å². The molecule has 2 heteroatoms. The molecular weight excluding hydrogens is 249 g/mol. The van der Waals surface area contributed by atoms with E-state index in [1.54, 1.807) is 12.1 Å². The third-order valence-electron chi connectivity index (χ3n) is 4.36. The summed E-state index contributed by atoms with van der Waals surface area (Å²) in [6.07, 6.45) is 2.02. The molecule has 0 unspecified atom stereocenters. The molecule has 1 aliphatic rings. The van der Waals surface area contributed by atoms with Gasteiger partial charge in [-0.2, -0.15) is 0 Å². The van der Waals surface area contributed by atoms with Crippen LogP contribution in [0.5, 0.6) is 0 Å². The Balaban J connectivity index is 1.61. The first kappa shape index (κ1) is 13.2. The first-order valence-electron chi connectivity index (χ1n) is 7.21. The summed E-state index contributed by atoms with van der Waals surface area (Å²) in [5, 5.41) is 3.54. The van der Waals surface area contributed by atoms with Gasteiger partial charge in [-0.3, -0.25) is 0 Å². The van der Waals surface area contributed by atoms with Crippen molar-refractivity contribution >= 4 is 5.69 Å². The summed E-state index contributed by atoms with van der Waals surface area (Å²) in [5.74, 6) is 0.294. The molecule has 0 bridgehead atoms. The number of halogens is 1. The van der Waals surface area contributed by atoms with Gasteiger partial charge in [0.2, 0.25) is 0 Å². The summed E-state index contributed by atoms with van der Waals surface area (Å²) in [7, 11) is 0. The van der Waals surface area contributed by atoms with Gasteiger partial charge >= 0.3 is 0 Å². The molecule has 0 radical (unpaired) electrons. The molecule has 0 heterocycles. The Morgan fingerprint density at radius 2 is 1.75 bits per heavy atom. The van der Waals surface area contributed by atoms with Gasteiger partial charge in [-0.15, -0.1) is 0 Å². The predicted molar refractivity (Wildman–Crippen MR) is 81.7 cm³/mol. The standard InChI is InChI=1S/C18H20FN/c1-12-7-8-15(9-13(12)2)20-16-10-14(11-16)17-5-3-4-6-18(17)19/h3-9,14,16,20H,10-11H2,1-2H3. The van der Waals surface area contributed by atoms with Crippen LogP contribution in [0.25, 0.3) is 0 Å². The van der Waals surface area contributed by atoms with Crippen molar-refractivity contribution in [1.82, 2.24) is 0 Å². The minimum Gasteiger partial charge on any atom is -0.382 e. The summed E-state index contributed by atoms with van der Waals surface area (Å²) in [4.78, 5) is 0. The number of hydrogen-bond donors (Lipinski definition) is 1. The number of rotatable bonds is 3. The van der Waals surface area contributed by atoms with Crippen molar-refractivity contribution in [3.63, 3.8) is 0 Å². The highest BCUT2D eigenvalue weighted by Crippen LogP contribution is 2.39. The van der Waals surface area contributed by atoms with Crippen LogP contribution in [0.4, 0.5) is 10.1 Å². The molecule has 0 amide bonds. The third-order valence-corrected chi connectivity index (χ3v) is 4.36. The minimum atomic E-state index is -0.0675. The van der Waals surface area contributed by atoms with Crippen molar-refractivity contribution in [3.8, 4) is 0 Å². The summed E-state index contributed by atoms with van der Waals surface area (Å²) in [6.45, 7) is 4.25. The predicted octanol–water partition coefficient (Wildman–Crippen LogP) is 4.80. The zero-order chi connectivity index (χ0) is 14.1. The molecule has 0 aliphatic heterocycles. The number of benzene rings is 2. The first-order valence-corrected chi connectivity index (χ1v) is 7.21. The number of hydrogen-bond acceptors (Lipinski definition) is 1. The van der Waals surface area contributed by atoms with Crippen LogP contribution in [-0.4, -0.2) is 6.04 Å². The molecule has 1 N–H and O–H groups in total. The Hall–Kier alpha value is -1.83. The smallest absolute Gasteiger partial charge is 0.126 e. The maximum absolute atomic E-state index is 13.7. The molecule has 0 aromatic heterocycles. The quantitative estimate of drug-likeness (QED) is 0.844. The fourth-order valence-corrected chi connectivity index (χ4v) is 2.86. The summed E-state index contributed by atoms with van der Waals surface area (Å²) in [6, 6.07) is 14.0. The van der Waals surface area contributed by atoms with Gasteiger partial charge in [0.25, 0.3) is 0 Å². The van der Waals surface area contributed by atoms with Crippen molar-refractivity contribution < 1.29 is 4.39 Å². The maximum Gasteiger partial charge on any atom is 0.126 e. The lowest BCUT2D eigenvalue weighted by molar-refractivity contribution is 0.363. The monoisotopic (exact) mass is 269 g/mol. The Labute approximate surface area is 119 Å². The minimum absolute atomic E-state index is 0.0675. The molecule has 1 nitrogen and oxygen atoms in total. The second kappa shape index (κ2) is 5.28. The summed E-state index contributed by atoms with van der Waals surface area (Å²) in [5.41, 5.74) is 4.66. The van der Waals surface area contributed by atoms with E-state index in [9.17, 15) is 4.39 Å². The molecule has 0 atom stereocenters. The van der Waals surface area contributed by atoms with Crippen LogP contribution in [0.3, 0.4) is 0 Å². The van der Waals surface area contributed by atoms with Gasteiger partial charge in [0.15, 0.2) is 0 Å². The van der Waals surface area contributed by atoms with Gasteiger partial charge in [0, 0.05) is 11.7 Å². The van der Waals surface area contributed by atoms with E-state index in [2.05, 4.69) is 37.4 Å². The van der Waals surface area contributed by atoms with Crippen LogP contribution < -0.4 is 5.32 Å². The molecule has 1 fully saturated rings. The van der Waals surface area contributed by atoms with E-state index in [4.69, 9.17) is 0 Å². The lowest BCUT2D eigenvalue weighted by Gasteiger charge is -2.37. The van der Waals surface area contributed by atoms with E-state index >= 15 is 0 Å². The molecule has 104 valence electrons. The molecule has 2 aromatic carbocycles. The summed E-state index contributed by atoms with van der Waals surface area (Å²) < 4.78 is 13.7. The molecule has 0 spiro atoms. The average Bonchev–Trinajstić information content (AvgIpc) is 2.39. The lowest BCUT2D eigenvalue weighted by atomic mass is 9.75. The number of anilines is 1. The van der Waals surface area contributed by atoms with E-state index in [-0.39, 0.29) is 5.82 Å². The van der Waals surface area contributed by atoms with E-state index in [0.29, 0.717) is 12.0 Å². The van der Waals surface area contributed by atoms with E-state index in [0.717, 1.165) is 18.4 Å². The van der Waals surface area contributed by atoms with E-state index < -0.39 is 0 Å². The number of nitrogens with one attached hydrogen (secondary N) is 1. The van der Waals surface area contributed by atoms with Crippen LogP contribution in [-0.2, 0) is 0 Å². The van der Waals surface area contributed by atoms with Crippen LogP contribution in [0.15, 0.2) is 42.5 Å². The Morgan fingerprint density at radius 1 is 1.00 bits per heavy atom. The van der Waals surface area contributed by atoms with Gasteiger partial charge in [-0.1, -0.05) is 24.3 Å². The van der Waals surface area contributed by atoms with Crippen LogP contribution in [0.1, 0.15) is 35.4 Å². The Morgan fingerprint density at radius 3 is 2.45 bits per heavy atom. The van der Waals surface area contributed by atoms with Gasteiger partial charge in [-0.25, -0.2) is 4.39 Å². The van der Waals surface area contributed by atoms with Gasteiger partial charge in [0.05, 0.1) is 0 Å². The SMILES string of the molecule is Cc1ccc(NC2CC(c3ccccc3F)C2)cc1C. The van der Waals surface area contributed by atoms with Crippen molar-refractivity contribution in [2.75, 3.05) is 5.32 Å². The number of aryl methyl sites for hydroxylation is 2. The van der Waals surface area contributed by atoms with Crippen molar-refractivity contribution in [2.45, 2.75) is 38.6 Å². The first-order chi connectivity index (χ1) is 9.63. The van der Waals surface area contributed by atoms with Gasteiger partial charge < -0.3 is 5.32 Å². The second-order valence-corrected chi connectivity index (χ2v) is 5.83. The molecule has 20 heavy (non-hydrogen) atoms. The molecule has 0 saturated heterocycles. The Bertz CT molecular complexity index is 615. The fraction of sp³-hybridized carbons (Fsp3) is 0.333. The zero-order valence-electron chi connectivity index (χ0n) is 12.0. The van der Waals surface area contributed by atoms with Crippen molar-refractivity contribution in [1.29, 1.82) is 0 Å². The highest BCUT2D eigenvalue weighted by Gasteiger charge is 2.31. The van der Waals surface area contributed by atoms with Gasteiger partial charge in [0.1, 0.15) is 5.82 Å². The van der Waals surface area contributed by atoms with Gasteiger partial charge in [-0.05, 0) is 67.5 Å². The zero-order valence-corrected chi connectivity index (χ0v) is 12.0. The van der Waals surface area contributed by atoms with E-state index in [1.165, 1.54) is 16.8 Å². The van der Waals surface area contributed by atoms with Crippen molar-refractivity contribution in [3.05, 3.63) is 65.0 Å². The lowest BCUT2D eigenvalue weighted by Crippen LogP contribution is -2.34. The topological polar surface area (TPSA) is 12.0 Å². The molecule has 3 rings (SSSR count). The largest absolute Gasteiger partial charge is 0.382 e. The third kappa shape index (κ3) is 2.55. The molecule has 1 aliphatic carbocycles. The average molecular weight is 269 g/mol. The second-order valence-electron chi connectivity index (χ2n) is 5.83. The maximum atomic E-state index is 13.7. The molecule has 2 aromatic rings. The summed E-state index contributed by atoms with van der Waals surface area (Å²) >= 11 is 0. The molecule has 1 saturated carbocycles. The molecular formula is C18H20FN. The Kier molecular flexibility index (Phi) is 3.47. The van der Waals surface area contributed by atoms with Crippen LogP contribution in [0.2, 0.25) is 0 Å². The van der Waals surface area contributed by atoms with Crippen LogP contribution in [0, 0.1) is 19.7 Å². The normalized spacial score (nSPS) is 21.4. The van der Waals surface area contributed by atoms with Crippen molar-refractivity contribution in [2.24, 2.45) is 0 Å². The highest BCUT2D eigenvalue weighted by atomic mass is 19.1. The fourth-order valence-electron chi connectivity index (χ4n) is 2.86. The van der Waals surface area contributed by atoms with E-state index in [1.807, 2.05) is 12.1 Å².